The standard InChI is InChI=1S/C14H27NO4/c1-6-14(2,3)13(18)19-10-8-7-9-15(4,5)11-12(16)17/h6-11H2,1-5H3. The molecule has 112 valence electrons. The minimum Gasteiger partial charge on any atom is -0.544 e. The lowest BCUT2D eigenvalue weighted by molar-refractivity contribution is -0.885. The Labute approximate surface area is 116 Å². The molecule has 0 aromatic heterocycles. The van der Waals surface area contributed by atoms with Crippen LogP contribution in [-0.2, 0) is 14.3 Å². The highest BCUT2D eigenvalue weighted by Crippen LogP contribution is 2.21. The number of carboxylic acids is 1. The fraction of sp³-hybridized carbons (Fsp3) is 0.857. The summed E-state index contributed by atoms with van der Waals surface area (Å²) in [5, 5.41) is 10.5. The van der Waals surface area contributed by atoms with E-state index >= 15 is 0 Å². The van der Waals surface area contributed by atoms with Crippen molar-refractivity contribution < 1.29 is 23.9 Å². The summed E-state index contributed by atoms with van der Waals surface area (Å²) in [6.07, 6.45) is 2.32. The number of hydrogen-bond donors (Lipinski definition) is 0. The molecule has 5 nitrogen and oxygen atoms in total. The number of nitrogens with zero attached hydrogens (tertiary/aromatic N) is 1. The summed E-state index contributed by atoms with van der Waals surface area (Å²) in [7, 11) is 3.70. The van der Waals surface area contributed by atoms with Gasteiger partial charge in [0, 0.05) is 0 Å². The molecule has 0 aliphatic rings. The first kappa shape index (κ1) is 17.9. The molecule has 0 atom stereocenters. The summed E-state index contributed by atoms with van der Waals surface area (Å²) in [5.41, 5.74) is -0.426. The van der Waals surface area contributed by atoms with Gasteiger partial charge in [-0.05, 0) is 33.1 Å². The zero-order chi connectivity index (χ0) is 15.1. The summed E-state index contributed by atoms with van der Waals surface area (Å²) >= 11 is 0. The smallest absolute Gasteiger partial charge is 0.311 e. The predicted molar refractivity (Wildman–Crippen MR) is 71.1 cm³/mol. The van der Waals surface area contributed by atoms with E-state index in [0.29, 0.717) is 11.1 Å². The number of likely N-dealkylation sites (N-methyl/N-ethyl adjacent to an activating group) is 1. The van der Waals surface area contributed by atoms with Gasteiger partial charge in [0.05, 0.1) is 38.6 Å². The lowest BCUT2D eigenvalue weighted by atomic mass is 9.91. The maximum absolute atomic E-state index is 11.7. The van der Waals surface area contributed by atoms with Gasteiger partial charge < -0.3 is 19.1 Å². The van der Waals surface area contributed by atoms with E-state index in [1.165, 1.54) is 0 Å². The van der Waals surface area contributed by atoms with E-state index in [1.54, 1.807) is 0 Å². The first-order valence-corrected chi connectivity index (χ1v) is 6.80. The lowest BCUT2D eigenvalue weighted by Gasteiger charge is -2.30. The highest BCUT2D eigenvalue weighted by Gasteiger charge is 2.26. The summed E-state index contributed by atoms with van der Waals surface area (Å²) in [5.74, 6) is -1.21. The molecule has 0 saturated heterocycles. The number of carbonyl (C=O) groups excluding carboxylic acids is 2. The first-order chi connectivity index (χ1) is 8.60. The number of aliphatic carboxylic acids is 1. The van der Waals surface area contributed by atoms with E-state index in [2.05, 4.69) is 0 Å². The number of unbranched alkanes of at least 4 members (excludes halogenated alkanes) is 1. The van der Waals surface area contributed by atoms with Crippen molar-refractivity contribution in [1.29, 1.82) is 0 Å². The summed E-state index contributed by atoms with van der Waals surface area (Å²) in [6, 6.07) is 0. The molecule has 19 heavy (non-hydrogen) atoms. The Hall–Kier alpha value is -1.10. The van der Waals surface area contributed by atoms with Crippen LogP contribution in [0.1, 0.15) is 40.0 Å². The van der Waals surface area contributed by atoms with Gasteiger partial charge in [-0.25, -0.2) is 0 Å². The molecule has 0 radical (unpaired) electrons. The number of esters is 1. The van der Waals surface area contributed by atoms with Crippen LogP contribution in [0.15, 0.2) is 0 Å². The van der Waals surface area contributed by atoms with E-state index in [0.717, 1.165) is 25.8 Å². The molecular weight excluding hydrogens is 246 g/mol. The van der Waals surface area contributed by atoms with Crippen LogP contribution in [0.4, 0.5) is 0 Å². The Morgan fingerprint density at radius 1 is 1.21 bits per heavy atom. The van der Waals surface area contributed by atoms with Crippen molar-refractivity contribution in [2.75, 3.05) is 33.8 Å². The van der Waals surface area contributed by atoms with Crippen LogP contribution in [0.25, 0.3) is 0 Å². The second-order valence-electron chi connectivity index (χ2n) is 6.27. The third kappa shape index (κ3) is 7.82. The van der Waals surface area contributed by atoms with Crippen LogP contribution in [0.2, 0.25) is 0 Å². The maximum Gasteiger partial charge on any atom is 0.311 e. The van der Waals surface area contributed by atoms with Gasteiger partial charge in [-0.3, -0.25) is 4.79 Å². The molecule has 0 fully saturated rings. The normalized spacial score (nSPS) is 12.3. The number of carbonyl (C=O) groups is 2. The van der Waals surface area contributed by atoms with Crippen LogP contribution < -0.4 is 5.11 Å². The van der Waals surface area contributed by atoms with Gasteiger partial charge in [0.1, 0.15) is 6.54 Å². The molecule has 0 heterocycles. The maximum atomic E-state index is 11.7. The van der Waals surface area contributed by atoms with Crippen LogP contribution in [0.3, 0.4) is 0 Å². The molecule has 0 saturated carbocycles. The van der Waals surface area contributed by atoms with Crippen LogP contribution >= 0.6 is 0 Å². The van der Waals surface area contributed by atoms with E-state index in [4.69, 9.17) is 4.74 Å². The second kappa shape index (κ2) is 7.48. The molecule has 0 aromatic rings. The topological polar surface area (TPSA) is 66.4 Å². The summed E-state index contributed by atoms with van der Waals surface area (Å²) in [6.45, 7) is 6.82. The van der Waals surface area contributed by atoms with E-state index in [-0.39, 0.29) is 12.5 Å². The average Bonchev–Trinajstić information content (AvgIpc) is 2.26. The van der Waals surface area contributed by atoms with E-state index in [1.807, 2.05) is 34.9 Å². The third-order valence-corrected chi connectivity index (χ3v) is 3.38. The van der Waals surface area contributed by atoms with Crippen molar-refractivity contribution in [2.45, 2.75) is 40.0 Å². The Bertz CT molecular complexity index is 311. The predicted octanol–water partition coefficient (Wildman–Crippen LogP) is 0.572. The zero-order valence-corrected chi connectivity index (χ0v) is 12.8. The van der Waals surface area contributed by atoms with Gasteiger partial charge in [-0.2, -0.15) is 0 Å². The highest BCUT2D eigenvalue weighted by molar-refractivity contribution is 5.75. The van der Waals surface area contributed by atoms with Crippen molar-refractivity contribution in [3.8, 4) is 0 Å². The lowest BCUT2D eigenvalue weighted by Crippen LogP contribution is -2.48. The fourth-order valence-corrected chi connectivity index (χ4v) is 1.58. The Morgan fingerprint density at radius 2 is 1.79 bits per heavy atom. The van der Waals surface area contributed by atoms with Gasteiger partial charge >= 0.3 is 5.97 Å². The van der Waals surface area contributed by atoms with Gasteiger partial charge in [0.15, 0.2) is 0 Å². The van der Waals surface area contributed by atoms with Gasteiger partial charge in [0.25, 0.3) is 0 Å². The largest absolute Gasteiger partial charge is 0.544 e. The Kier molecular flexibility index (Phi) is 7.05. The minimum absolute atomic E-state index is 0.00263. The molecule has 0 unspecified atom stereocenters. The molecular formula is C14H27NO4. The summed E-state index contributed by atoms with van der Waals surface area (Å²) < 4.78 is 5.60. The van der Waals surface area contributed by atoms with Crippen LogP contribution in [0, 0.1) is 5.41 Å². The number of ether oxygens (including phenoxy) is 1. The van der Waals surface area contributed by atoms with Crippen LogP contribution in [0.5, 0.6) is 0 Å². The van der Waals surface area contributed by atoms with E-state index < -0.39 is 11.4 Å². The van der Waals surface area contributed by atoms with Crippen molar-refractivity contribution in [1.82, 2.24) is 0 Å². The monoisotopic (exact) mass is 273 g/mol. The minimum atomic E-state index is -1.04. The van der Waals surface area contributed by atoms with Crippen molar-refractivity contribution >= 4 is 11.9 Å². The fourth-order valence-electron chi connectivity index (χ4n) is 1.58. The molecule has 0 aliphatic heterocycles. The molecule has 0 aromatic carbocycles. The Balaban J connectivity index is 3.83. The average molecular weight is 273 g/mol. The van der Waals surface area contributed by atoms with E-state index in [9.17, 15) is 14.7 Å². The van der Waals surface area contributed by atoms with Crippen molar-refractivity contribution in [3.63, 3.8) is 0 Å². The van der Waals surface area contributed by atoms with Crippen molar-refractivity contribution in [3.05, 3.63) is 0 Å². The van der Waals surface area contributed by atoms with Gasteiger partial charge in [-0.1, -0.05) is 6.92 Å². The highest BCUT2D eigenvalue weighted by atomic mass is 16.5. The molecule has 0 spiro atoms. The second-order valence-corrected chi connectivity index (χ2v) is 6.27. The third-order valence-electron chi connectivity index (χ3n) is 3.38. The molecule has 0 N–H and O–H groups in total. The molecule has 0 amide bonds. The molecule has 5 heteroatoms. The van der Waals surface area contributed by atoms with Gasteiger partial charge in [0.2, 0.25) is 0 Å². The zero-order valence-electron chi connectivity index (χ0n) is 12.8. The number of carboxylic acid groups (broad SMARTS) is 1. The number of rotatable bonds is 9. The first-order valence-electron chi connectivity index (χ1n) is 6.80. The molecule has 0 bridgehead atoms. The quantitative estimate of drug-likeness (QED) is 0.350. The SMILES string of the molecule is CCC(C)(C)C(=O)OCCCC[N+](C)(C)CC(=O)[O-]. The molecule has 0 rings (SSSR count). The van der Waals surface area contributed by atoms with Crippen LogP contribution in [-0.4, -0.2) is 50.2 Å². The Morgan fingerprint density at radius 3 is 2.26 bits per heavy atom. The van der Waals surface area contributed by atoms with Crippen molar-refractivity contribution in [2.24, 2.45) is 5.41 Å². The molecule has 0 aliphatic carbocycles. The number of quaternary nitrogens is 1. The summed E-state index contributed by atoms with van der Waals surface area (Å²) in [4.78, 5) is 22.2. The number of hydrogen-bond acceptors (Lipinski definition) is 4. The van der Waals surface area contributed by atoms with Gasteiger partial charge in [-0.15, -0.1) is 0 Å².